The van der Waals surface area contributed by atoms with Crippen LogP contribution in [0.3, 0.4) is 0 Å². The van der Waals surface area contributed by atoms with Crippen molar-refractivity contribution in [3.8, 4) is 0 Å². The number of pyridine rings is 1. The highest BCUT2D eigenvalue weighted by Crippen LogP contribution is 2.33. The summed E-state index contributed by atoms with van der Waals surface area (Å²) in [7, 11) is 0. The maximum atomic E-state index is 12.7. The van der Waals surface area contributed by atoms with Gasteiger partial charge in [-0.25, -0.2) is 0 Å². The van der Waals surface area contributed by atoms with Gasteiger partial charge in [0, 0.05) is 51.5 Å². The molecule has 0 spiro atoms. The van der Waals surface area contributed by atoms with Gasteiger partial charge in [-0.1, -0.05) is 30.3 Å². The molecule has 1 saturated heterocycles. The number of amides is 1. The lowest BCUT2D eigenvalue weighted by molar-refractivity contribution is 0.0932. The molecular formula is C22H24N6O. The Bertz CT molecular complexity index is 987. The molecule has 0 saturated carbocycles. The molecule has 3 aromatic rings. The first-order valence-electron chi connectivity index (χ1n) is 10.1. The summed E-state index contributed by atoms with van der Waals surface area (Å²) in [6.45, 7) is 4.35. The molecule has 7 nitrogen and oxygen atoms in total. The van der Waals surface area contributed by atoms with Crippen LogP contribution in [0.4, 0.5) is 0 Å². The fourth-order valence-corrected chi connectivity index (χ4v) is 4.52. The lowest BCUT2D eigenvalue weighted by Crippen LogP contribution is -2.32. The quantitative estimate of drug-likeness (QED) is 0.723. The average Bonchev–Trinajstić information content (AvgIpc) is 3.34. The van der Waals surface area contributed by atoms with Crippen molar-refractivity contribution >= 4 is 5.91 Å². The van der Waals surface area contributed by atoms with Crippen LogP contribution in [0.1, 0.15) is 27.6 Å². The van der Waals surface area contributed by atoms with E-state index >= 15 is 0 Å². The molecule has 0 bridgehead atoms. The minimum atomic E-state index is -0.155. The second-order valence-electron chi connectivity index (χ2n) is 7.99. The fraction of sp³-hybridized carbons (Fsp3) is 0.364. The van der Waals surface area contributed by atoms with E-state index in [0.29, 0.717) is 24.2 Å². The van der Waals surface area contributed by atoms with Gasteiger partial charge < -0.3 is 9.88 Å². The summed E-state index contributed by atoms with van der Waals surface area (Å²) < 4.78 is 2.03. The normalized spacial score (nSPS) is 20.8. The number of hydrogen-bond acceptors (Lipinski definition) is 5. The zero-order chi connectivity index (χ0) is 19.6. The predicted molar refractivity (Wildman–Crippen MR) is 108 cm³/mol. The molecule has 7 heteroatoms. The van der Waals surface area contributed by atoms with E-state index in [1.165, 1.54) is 5.56 Å². The lowest BCUT2D eigenvalue weighted by atomic mass is 9.89. The molecule has 2 aliphatic rings. The highest BCUT2D eigenvalue weighted by molar-refractivity contribution is 5.90. The minimum absolute atomic E-state index is 0.155. The molecule has 2 atom stereocenters. The Morgan fingerprint density at radius 1 is 0.966 bits per heavy atom. The second-order valence-corrected chi connectivity index (χ2v) is 7.99. The Balaban J connectivity index is 1.24. The van der Waals surface area contributed by atoms with Crippen LogP contribution < -0.4 is 5.32 Å². The molecule has 4 heterocycles. The van der Waals surface area contributed by atoms with Gasteiger partial charge in [0.05, 0.1) is 0 Å². The zero-order valence-electron chi connectivity index (χ0n) is 16.2. The smallest absolute Gasteiger partial charge is 0.289 e. The Morgan fingerprint density at radius 2 is 1.76 bits per heavy atom. The molecule has 148 valence electrons. The largest absolute Gasteiger partial charge is 0.345 e. The molecule has 1 amide bonds. The summed E-state index contributed by atoms with van der Waals surface area (Å²) in [5.41, 5.74) is 2.36. The SMILES string of the molecule is O=C(NCc1ccccc1)c1nnc2n1C[C@@H]1CN(Cc3ccncc3)C[C@@H]1C2. The van der Waals surface area contributed by atoms with Gasteiger partial charge in [-0.15, -0.1) is 10.2 Å². The van der Waals surface area contributed by atoms with Gasteiger partial charge >= 0.3 is 0 Å². The van der Waals surface area contributed by atoms with Crippen molar-refractivity contribution in [3.63, 3.8) is 0 Å². The molecule has 1 N–H and O–H groups in total. The van der Waals surface area contributed by atoms with Crippen LogP contribution >= 0.6 is 0 Å². The third kappa shape index (κ3) is 3.78. The second kappa shape index (κ2) is 7.75. The topological polar surface area (TPSA) is 75.9 Å². The third-order valence-electron chi connectivity index (χ3n) is 6.00. The standard InChI is InChI=1S/C22H24N6O/c29-22(24-11-16-4-2-1-3-5-16)21-26-25-20-10-18-13-27(14-19(18)15-28(20)21)12-17-6-8-23-9-7-17/h1-9,18-19H,10-15H2,(H,24,29)/t18-,19-/m0/s1. The average molecular weight is 388 g/mol. The number of aromatic nitrogens is 4. The number of likely N-dealkylation sites (tertiary alicyclic amines) is 1. The lowest BCUT2D eigenvalue weighted by Gasteiger charge is -2.25. The fourth-order valence-electron chi connectivity index (χ4n) is 4.52. The number of nitrogens with one attached hydrogen (secondary N) is 1. The first-order valence-corrected chi connectivity index (χ1v) is 10.1. The molecule has 29 heavy (non-hydrogen) atoms. The summed E-state index contributed by atoms with van der Waals surface area (Å²) >= 11 is 0. The molecule has 2 aromatic heterocycles. The molecule has 1 fully saturated rings. The maximum absolute atomic E-state index is 12.7. The van der Waals surface area contributed by atoms with Crippen LogP contribution in [0.25, 0.3) is 0 Å². The summed E-state index contributed by atoms with van der Waals surface area (Å²) in [6, 6.07) is 14.1. The highest BCUT2D eigenvalue weighted by atomic mass is 16.2. The Hall–Kier alpha value is -3.06. The van der Waals surface area contributed by atoms with Crippen molar-refractivity contribution in [2.45, 2.75) is 26.1 Å². The third-order valence-corrected chi connectivity index (χ3v) is 6.00. The van der Waals surface area contributed by atoms with Crippen molar-refractivity contribution in [2.75, 3.05) is 13.1 Å². The molecule has 5 rings (SSSR count). The van der Waals surface area contributed by atoms with E-state index in [9.17, 15) is 4.79 Å². The van der Waals surface area contributed by atoms with Gasteiger partial charge in [-0.2, -0.15) is 0 Å². The van der Waals surface area contributed by atoms with Gasteiger partial charge in [0.15, 0.2) is 0 Å². The predicted octanol–water partition coefficient (Wildman–Crippen LogP) is 1.91. The van der Waals surface area contributed by atoms with Crippen molar-refractivity contribution in [3.05, 3.63) is 77.6 Å². The summed E-state index contributed by atoms with van der Waals surface area (Å²) in [5.74, 6) is 2.32. The number of rotatable bonds is 5. The number of hydrogen-bond donors (Lipinski definition) is 1. The van der Waals surface area contributed by atoms with Crippen LogP contribution in [0, 0.1) is 11.8 Å². The Kier molecular flexibility index (Phi) is 4.81. The molecule has 0 radical (unpaired) electrons. The van der Waals surface area contributed by atoms with Crippen LogP contribution in [-0.4, -0.2) is 43.6 Å². The summed E-state index contributed by atoms with van der Waals surface area (Å²) in [6.07, 6.45) is 4.58. The van der Waals surface area contributed by atoms with Crippen LogP contribution in [0.2, 0.25) is 0 Å². The molecular weight excluding hydrogens is 364 g/mol. The molecule has 1 aromatic carbocycles. The Labute approximate surface area is 169 Å². The molecule has 2 aliphatic heterocycles. The number of nitrogens with zero attached hydrogens (tertiary/aromatic N) is 5. The van der Waals surface area contributed by atoms with E-state index in [1.807, 2.05) is 47.3 Å². The summed E-state index contributed by atoms with van der Waals surface area (Å²) in [5, 5.41) is 11.5. The van der Waals surface area contributed by atoms with Gasteiger partial charge in [-0.3, -0.25) is 14.7 Å². The molecule has 0 unspecified atom stereocenters. The highest BCUT2D eigenvalue weighted by Gasteiger charge is 2.39. The van der Waals surface area contributed by atoms with Gasteiger partial charge in [0.1, 0.15) is 5.82 Å². The van der Waals surface area contributed by atoms with Crippen LogP contribution in [-0.2, 0) is 26.1 Å². The van der Waals surface area contributed by atoms with E-state index in [4.69, 9.17) is 0 Å². The van der Waals surface area contributed by atoms with Crippen molar-refractivity contribution in [1.82, 2.24) is 30.0 Å². The van der Waals surface area contributed by atoms with Gasteiger partial charge in [-0.05, 0) is 35.1 Å². The van der Waals surface area contributed by atoms with E-state index in [-0.39, 0.29) is 5.91 Å². The van der Waals surface area contributed by atoms with E-state index in [2.05, 4.69) is 37.5 Å². The van der Waals surface area contributed by atoms with Crippen molar-refractivity contribution in [2.24, 2.45) is 11.8 Å². The molecule has 0 aliphatic carbocycles. The van der Waals surface area contributed by atoms with E-state index in [0.717, 1.165) is 44.0 Å². The van der Waals surface area contributed by atoms with E-state index < -0.39 is 0 Å². The van der Waals surface area contributed by atoms with Crippen LogP contribution in [0.15, 0.2) is 54.9 Å². The van der Waals surface area contributed by atoms with Crippen molar-refractivity contribution in [1.29, 1.82) is 0 Å². The number of benzene rings is 1. The Morgan fingerprint density at radius 3 is 2.59 bits per heavy atom. The van der Waals surface area contributed by atoms with Gasteiger partial charge in [0.25, 0.3) is 5.91 Å². The monoisotopic (exact) mass is 388 g/mol. The maximum Gasteiger partial charge on any atom is 0.289 e. The zero-order valence-corrected chi connectivity index (χ0v) is 16.2. The first-order chi connectivity index (χ1) is 14.3. The van der Waals surface area contributed by atoms with Gasteiger partial charge in [0.2, 0.25) is 5.82 Å². The summed E-state index contributed by atoms with van der Waals surface area (Å²) in [4.78, 5) is 19.3. The van der Waals surface area contributed by atoms with E-state index in [1.54, 1.807) is 0 Å². The number of fused-ring (bicyclic) bond motifs is 2. The number of carbonyl (C=O) groups is 1. The number of carbonyl (C=O) groups excluding carboxylic acids is 1. The van der Waals surface area contributed by atoms with Crippen LogP contribution in [0.5, 0.6) is 0 Å². The van der Waals surface area contributed by atoms with Crippen molar-refractivity contribution < 1.29 is 4.79 Å². The first kappa shape index (κ1) is 18.0. The minimum Gasteiger partial charge on any atom is -0.345 e.